The number of ether oxygens (including phenoxy) is 6. The Morgan fingerprint density at radius 1 is 0.328 bits per heavy atom. The zero-order valence-corrected chi connectivity index (χ0v) is 53.2. The topological polar surface area (TPSA) is 55.4 Å². The second-order valence-corrected chi connectivity index (χ2v) is 16.2. The summed E-state index contributed by atoms with van der Waals surface area (Å²) in [4.78, 5) is 0. The Hall–Kier alpha value is 4.40. The molecular formula is C42H84Cl16O6-16. The van der Waals surface area contributed by atoms with Gasteiger partial charge < -0.3 is 227 Å². The smallest absolute Gasteiger partial charge is 0.161 e. The van der Waals surface area contributed by atoms with E-state index in [0.29, 0.717) is 71.4 Å². The molecule has 18 unspecified atom stereocenters. The summed E-state index contributed by atoms with van der Waals surface area (Å²) in [5, 5.41) is 0. The van der Waals surface area contributed by atoms with Gasteiger partial charge in [0.25, 0.3) is 0 Å². The number of hydrogen-bond donors (Lipinski definition) is 0. The molecule has 0 amide bonds. The van der Waals surface area contributed by atoms with Crippen LogP contribution in [0.3, 0.4) is 0 Å². The average Bonchev–Trinajstić information content (AvgIpc) is 3.10. The Morgan fingerprint density at radius 2 is 0.531 bits per heavy atom. The molecule has 2 fully saturated rings. The van der Waals surface area contributed by atoms with E-state index in [0.717, 1.165) is 38.5 Å². The molecule has 0 radical (unpaired) electrons. The molecule has 0 saturated carbocycles. The van der Waals surface area contributed by atoms with Gasteiger partial charge >= 0.3 is 0 Å². The summed E-state index contributed by atoms with van der Waals surface area (Å²) in [5.74, 6) is 5.06. The van der Waals surface area contributed by atoms with Gasteiger partial charge in [0.2, 0.25) is 0 Å². The summed E-state index contributed by atoms with van der Waals surface area (Å²) < 4.78 is 37.8. The first-order valence-corrected chi connectivity index (χ1v) is 20.3. The van der Waals surface area contributed by atoms with Crippen molar-refractivity contribution in [3.63, 3.8) is 0 Å². The monoisotopic (exact) mass is 1240 g/mol. The minimum atomic E-state index is -0.123. The number of hydrogen-bond acceptors (Lipinski definition) is 6. The lowest BCUT2D eigenvalue weighted by atomic mass is 9.78. The van der Waals surface area contributed by atoms with Crippen LogP contribution in [0.25, 0.3) is 0 Å². The molecule has 0 aromatic heterocycles. The van der Waals surface area contributed by atoms with Crippen LogP contribution in [0.2, 0.25) is 0 Å². The van der Waals surface area contributed by atoms with Crippen molar-refractivity contribution in [2.45, 2.75) is 199 Å². The Labute approximate surface area is 494 Å². The maximum Gasteiger partial charge on any atom is 0.161 e. The summed E-state index contributed by atoms with van der Waals surface area (Å²) in [5.41, 5.74) is 0. The fourth-order valence-corrected chi connectivity index (χ4v) is 7.91. The standard InChI is InChI=1S/2C21H42O3.16ClH/c2*1-10-13(4)19(22-9)20(14(5)11-2)24-21-17(8)15(6)16(7)18(12-3)23-21;;;;;;;;;;;;;;;;/h2*13-21H,10-12H2,1-9H3;16*1H/p-16. The zero-order chi connectivity index (χ0) is 36.9. The predicted octanol–water partition coefficient (Wildman–Crippen LogP) is -36.9. The van der Waals surface area contributed by atoms with Crippen LogP contribution in [0.1, 0.15) is 149 Å². The van der Waals surface area contributed by atoms with Crippen LogP contribution in [0.15, 0.2) is 0 Å². The summed E-state index contributed by atoms with van der Waals surface area (Å²) >= 11 is 0. The van der Waals surface area contributed by atoms with E-state index in [1.165, 1.54) is 0 Å². The van der Waals surface area contributed by atoms with Crippen molar-refractivity contribution in [2.75, 3.05) is 14.2 Å². The van der Waals surface area contributed by atoms with Gasteiger partial charge in [0.15, 0.2) is 12.6 Å². The third-order valence-corrected chi connectivity index (χ3v) is 13.4. The maximum absolute atomic E-state index is 6.64. The molecule has 0 bridgehead atoms. The van der Waals surface area contributed by atoms with Crippen LogP contribution in [0.5, 0.6) is 0 Å². The van der Waals surface area contributed by atoms with Gasteiger partial charge in [-0.05, 0) is 60.2 Å². The van der Waals surface area contributed by atoms with E-state index >= 15 is 0 Å². The molecule has 416 valence electrons. The second-order valence-electron chi connectivity index (χ2n) is 16.2. The quantitative estimate of drug-likeness (QED) is 0.136. The lowest BCUT2D eigenvalue weighted by Crippen LogP contribution is -3.00. The molecule has 0 aromatic carbocycles. The molecule has 0 spiro atoms. The SMILES string of the molecule is CCC(C)C(OC)C(OC1OC(CC)C(C)C(C)C1C)C(C)CC.CCC(C)C(OC)C(OC1OC(CC)C(C)C(C)C1C)C(C)CC.[Cl-].[Cl-].[Cl-].[Cl-].[Cl-].[Cl-].[Cl-].[Cl-].[Cl-].[Cl-].[Cl-].[Cl-].[Cl-].[Cl-].[Cl-].[Cl-]. The zero-order valence-electron chi connectivity index (χ0n) is 41.1. The highest BCUT2D eigenvalue weighted by molar-refractivity contribution is 4.87. The lowest BCUT2D eigenvalue weighted by Gasteiger charge is -2.46. The number of methoxy groups -OCH3 is 2. The Bertz CT molecular complexity index is 806. The molecular weight excluding hydrogens is 1170 g/mol. The molecule has 0 aliphatic carbocycles. The van der Waals surface area contributed by atoms with Crippen molar-refractivity contribution in [3.8, 4) is 0 Å². The minimum Gasteiger partial charge on any atom is -1.00 e. The largest absolute Gasteiger partial charge is 1.00 e. The Morgan fingerprint density at radius 3 is 0.703 bits per heavy atom. The molecule has 2 rings (SSSR count). The molecule has 22 heteroatoms. The van der Waals surface area contributed by atoms with Crippen LogP contribution in [-0.2, 0) is 28.4 Å². The highest BCUT2D eigenvalue weighted by Gasteiger charge is 2.43. The molecule has 2 aliphatic rings. The normalized spacial score (nSPS) is 27.1. The molecule has 6 nitrogen and oxygen atoms in total. The first-order valence-electron chi connectivity index (χ1n) is 20.3. The van der Waals surface area contributed by atoms with E-state index in [9.17, 15) is 0 Å². The van der Waals surface area contributed by atoms with Crippen molar-refractivity contribution < 1.29 is 227 Å². The first-order chi connectivity index (χ1) is 22.6. The third kappa shape index (κ3) is 33.3. The van der Waals surface area contributed by atoms with E-state index < -0.39 is 0 Å². The van der Waals surface area contributed by atoms with E-state index in [-0.39, 0.29) is 236 Å². The highest BCUT2D eigenvalue weighted by atomic mass is 35.5. The molecule has 64 heavy (non-hydrogen) atoms. The summed E-state index contributed by atoms with van der Waals surface area (Å²) in [6.07, 6.45) is 7.22. The van der Waals surface area contributed by atoms with Crippen LogP contribution in [0.4, 0.5) is 0 Å². The number of halogens is 16. The Balaban J connectivity index is -0.0000000411. The van der Waals surface area contributed by atoms with Gasteiger partial charge in [0.05, 0.1) is 36.6 Å². The summed E-state index contributed by atoms with van der Waals surface area (Å²) in [6.45, 7) is 36.3. The van der Waals surface area contributed by atoms with Crippen molar-refractivity contribution in [3.05, 3.63) is 0 Å². The highest BCUT2D eigenvalue weighted by Crippen LogP contribution is 2.40. The molecule has 0 N–H and O–H groups in total. The van der Waals surface area contributed by atoms with E-state index in [1.54, 1.807) is 0 Å². The van der Waals surface area contributed by atoms with Gasteiger partial charge in [-0.2, -0.15) is 0 Å². The molecule has 18 atom stereocenters. The van der Waals surface area contributed by atoms with Crippen LogP contribution in [0, 0.1) is 59.2 Å². The van der Waals surface area contributed by atoms with Crippen molar-refractivity contribution >= 4 is 0 Å². The van der Waals surface area contributed by atoms with E-state index in [2.05, 4.69) is 111 Å². The maximum atomic E-state index is 6.64. The van der Waals surface area contributed by atoms with Crippen molar-refractivity contribution in [2.24, 2.45) is 59.2 Å². The fourth-order valence-electron chi connectivity index (χ4n) is 7.91. The van der Waals surface area contributed by atoms with Gasteiger partial charge in [-0.15, -0.1) is 0 Å². The summed E-state index contributed by atoms with van der Waals surface area (Å²) in [7, 11) is 3.64. The first kappa shape index (κ1) is 113. The second kappa shape index (κ2) is 60.0. The van der Waals surface area contributed by atoms with Gasteiger partial charge in [-0.25, -0.2) is 0 Å². The fraction of sp³-hybridized carbons (Fsp3) is 1.00. The molecule has 2 heterocycles. The third-order valence-electron chi connectivity index (χ3n) is 13.4. The average molecular weight is 1250 g/mol. The molecule has 2 saturated heterocycles. The van der Waals surface area contributed by atoms with E-state index in [1.807, 2.05) is 14.2 Å². The van der Waals surface area contributed by atoms with Crippen LogP contribution >= 0.6 is 0 Å². The van der Waals surface area contributed by atoms with E-state index in [4.69, 9.17) is 28.4 Å². The summed E-state index contributed by atoms with van der Waals surface area (Å²) in [6, 6.07) is 0. The Kier molecular flexibility index (Phi) is 106. The van der Waals surface area contributed by atoms with Crippen LogP contribution in [-0.4, -0.2) is 63.4 Å². The minimum absolute atomic E-state index is 0. The lowest BCUT2D eigenvalue weighted by molar-refractivity contribution is -0.284. The molecule has 2 aliphatic heterocycles. The number of rotatable bonds is 18. The van der Waals surface area contributed by atoms with Gasteiger partial charge in [-0.3, -0.25) is 0 Å². The van der Waals surface area contributed by atoms with Gasteiger partial charge in [-0.1, -0.05) is 136 Å². The van der Waals surface area contributed by atoms with Crippen molar-refractivity contribution in [1.82, 2.24) is 0 Å². The van der Waals surface area contributed by atoms with Crippen LogP contribution < -0.4 is 199 Å². The van der Waals surface area contributed by atoms with Gasteiger partial charge in [0, 0.05) is 26.1 Å². The predicted molar refractivity (Wildman–Crippen MR) is 202 cm³/mol. The van der Waals surface area contributed by atoms with Gasteiger partial charge in [0.1, 0.15) is 0 Å². The van der Waals surface area contributed by atoms with Crippen molar-refractivity contribution in [1.29, 1.82) is 0 Å². The molecule has 0 aromatic rings.